The van der Waals surface area contributed by atoms with Gasteiger partial charge in [-0.15, -0.1) is 0 Å². The molecule has 0 aromatic heterocycles. The molecule has 0 spiro atoms. The lowest BCUT2D eigenvalue weighted by Crippen LogP contribution is -2.43. The first kappa shape index (κ1) is 13.1. The van der Waals surface area contributed by atoms with Gasteiger partial charge in [-0.25, -0.2) is 0 Å². The fourth-order valence-corrected chi connectivity index (χ4v) is 2.42. The number of amides is 1. The summed E-state index contributed by atoms with van der Waals surface area (Å²) in [6.45, 7) is 7.01. The van der Waals surface area contributed by atoms with E-state index >= 15 is 0 Å². The number of benzene rings is 1. The number of carbonyl (C=O) groups excluding carboxylic acids is 1. The molecule has 3 heteroatoms. The van der Waals surface area contributed by atoms with Crippen molar-refractivity contribution in [2.45, 2.75) is 45.7 Å². The number of carbonyl (C=O) groups is 1. The highest BCUT2D eigenvalue weighted by atomic mass is 16.2. The Bertz CT molecular complexity index is 413. The van der Waals surface area contributed by atoms with E-state index in [1.807, 2.05) is 11.8 Å². The largest absolute Gasteiger partial charge is 0.311 e. The third-order valence-corrected chi connectivity index (χ3v) is 3.61. The minimum absolute atomic E-state index is 0.103. The summed E-state index contributed by atoms with van der Waals surface area (Å²) < 4.78 is 0. The van der Waals surface area contributed by atoms with Crippen LogP contribution in [0.1, 0.15) is 32.8 Å². The molecule has 1 aliphatic rings. The third-order valence-electron chi connectivity index (χ3n) is 3.61. The molecule has 3 nitrogen and oxygen atoms in total. The molecule has 1 aliphatic heterocycles. The van der Waals surface area contributed by atoms with Crippen molar-refractivity contribution >= 4 is 11.6 Å². The Morgan fingerprint density at radius 2 is 1.94 bits per heavy atom. The third kappa shape index (κ3) is 2.72. The number of hydrogen-bond acceptors (Lipinski definition) is 2. The van der Waals surface area contributed by atoms with E-state index in [9.17, 15) is 4.79 Å². The topological polar surface area (TPSA) is 32.3 Å². The van der Waals surface area contributed by atoms with Crippen LogP contribution in [0.5, 0.6) is 0 Å². The average Bonchev–Trinajstić information content (AvgIpc) is 2.50. The first-order valence-electron chi connectivity index (χ1n) is 6.78. The van der Waals surface area contributed by atoms with Crippen LogP contribution in [-0.2, 0) is 11.2 Å². The molecule has 0 saturated carbocycles. The second-order valence-electron chi connectivity index (χ2n) is 5.09. The van der Waals surface area contributed by atoms with E-state index in [0.717, 1.165) is 25.1 Å². The van der Waals surface area contributed by atoms with Gasteiger partial charge in [-0.05, 0) is 44.4 Å². The Hall–Kier alpha value is -1.35. The Labute approximate surface area is 109 Å². The number of anilines is 1. The van der Waals surface area contributed by atoms with Gasteiger partial charge in [-0.3, -0.25) is 4.79 Å². The van der Waals surface area contributed by atoms with Crippen LogP contribution in [0.25, 0.3) is 0 Å². The highest BCUT2D eigenvalue weighted by Crippen LogP contribution is 2.19. The van der Waals surface area contributed by atoms with Gasteiger partial charge < -0.3 is 10.2 Å². The van der Waals surface area contributed by atoms with E-state index in [0.29, 0.717) is 6.04 Å². The number of aryl methyl sites for hydroxylation is 1. The van der Waals surface area contributed by atoms with Gasteiger partial charge in [0, 0.05) is 18.3 Å². The molecule has 2 unspecified atom stereocenters. The van der Waals surface area contributed by atoms with Crippen molar-refractivity contribution in [3.05, 3.63) is 29.8 Å². The Kier molecular flexibility index (Phi) is 4.02. The standard InChI is InChI=1S/C15H22N2O/c1-4-13-5-7-14(8-6-13)17-10-9-11(2)16-12(3)15(17)18/h5-8,11-12,16H,4,9-10H2,1-3H3. The van der Waals surface area contributed by atoms with Crippen LogP contribution in [-0.4, -0.2) is 24.5 Å². The molecule has 1 amide bonds. The maximum absolute atomic E-state index is 12.3. The Morgan fingerprint density at radius 1 is 1.28 bits per heavy atom. The maximum atomic E-state index is 12.3. The summed E-state index contributed by atoms with van der Waals surface area (Å²) in [5.41, 5.74) is 2.32. The molecule has 18 heavy (non-hydrogen) atoms. The Morgan fingerprint density at radius 3 is 2.56 bits per heavy atom. The lowest BCUT2D eigenvalue weighted by molar-refractivity contribution is -0.119. The minimum atomic E-state index is -0.103. The van der Waals surface area contributed by atoms with Crippen molar-refractivity contribution in [2.75, 3.05) is 11.4 Å². The molecule has 1 aromatic carbocycles. The van der Waals surface area contributed by atoms with Gasteiger partial charge >= 0.3 is 0 Å². The van der Waals surface area contributed by atoms with Crippen molar-refractivity contribution in [3.8, 4) is 0 Å². The number of hydrogen-bond donors (Lipinski definition) is 1. The highest BCUT2D eigenvalue weighted by Gasteiger charge is 2.26. The smallest absolute Gasteiger partial charge is 0.243 e. The number of nitrogens with zero attached hydrogens (tertiary/aromatic N) is 1. The zero-order valence-corrected chi connectivity index (χ0v) is 11.4. The van der Waals surface area contributed by atoms with Crippen LogP contribution in [0.15, 0.2) is 24.3 Å². The lowest BCUT2D eigenvalue weighted by Gasteiger charge is -2.22. The summed E-state index contributed by atoms with van der Waals surface area (Å²) in [7, 11) is 0. The maximum Gasteiger partial charge on any atom is 0.243 e. The fraction of sp³-hybridized carbons (Fsp3) is 0.533. The zero-order valence-electron chi connectivity index (χ0n) is 11.4. The van der Waals surface area contributed by atoms with E-state index in [1.54, 1.807) is 0 Å². The van der Waals surface area contributed by atoms with E-state index in [-0.39, 0.29) is 11.9 Å². The molecule has 1 fully saturated rings. The average molecular weight is 246 g/mol. The van der Waals surface area contributed by atoms with Crippen molar-refractivity contribution in [1.29, 1.82) is 0 Å². The molecular weight excluding hydrogens is 224 g/mol. The van der Waals surface area contributed by atoms with Gasteiger partial charge in [-0.2, -0.15) is 0 Å². The van der Waals surface area contributed by atoms with Gasteiger partial charge in [0.2, 0.25) is 5.91 Å². The van der Waals surface area contributed by atoms with Gasteiger partial charge in [-0.1, -0.05) is 19.1 Å². The van der Waals surface area contributed by atoms with Gasteiger partial charge in [0.05, 0.1) is 6.04 Å². The molecule has 2 rings (SSSR count). The predicted octanol–water partition coefficient (Wildman–Crippen LogP) is 2.35. The Balaban J connectivity index is 2.21. The second kappa shape index (κ2) is 5.53. The van der Waals surface area contributed by atoms with Crippen LogP contribution < -0.4 is 10.2 Å². The summed E-state index contributed by atoms with van der Waals surface area (Å²) in [6.07, 6.45) is 2.02. The normalized spacial score (nSPS) is 25.1. The molecule has 1 aromatic rings. The molecule has 1 heterocycles. The van der Waals surface area contributed by atoms with Crippen LogP contribution in [0.2, 0.25) is 0 Å². The summed E-state index contributed by atoms with van der Waals surface area (Å²) in [5.74, 6) is 0.170. The highest BCUT2D eigenvalue weighted by molar-refractivity contribution is 5.97. The molecule has 98 valence electrons. The monoisotopic (exact) mass is 246 g/mol. The van der Waals surface area contributed by atoms with Gasteiger partial charge in [0.1, 0.15) is 0 Å². The van der Waals surface area contributed by atoms with Gasteiger partial charge in [0.15, 0.2) is 0 Å². The number of rotatable bonds is 2. The second-order valence-corrected chi connectivity index (χ2v) is 5.09. The fourth-order valence-electron chi connectivity index (χ4n) is 2.42. The van der Waals surface area contributed by atoms with E-state index in [4.69, 9.17) is 0 Å². The predicted molar refractivity (Wildman–Crippen MR) is 74.8 cm³/mol. The quantitative estimate of drug-likeness (QED) is 0.868. The van der Waals surface area contributed by atoms with E-state index in [1.165, 1.54) is 5.56 Å². The lowest BCUT2D eigenvalue weighted by atomic mass is 10.1. The first-order chi connectivity index (χ1) is 8.61. The summed E-state index contributed by atoms with van der Waals surface area (Å²) >= 11 is 0. The summed E-state index contributed by atoms with van der Waals surface area (Å²) in [6, 6.07) is 8.61. The van der Waals surface area contributed by atoms with Crippen LogP contribution in [0, 0.1) is 0 Å². The molecule has 1 N–H and O–H groups in total. The van der Waals surface area contributed by atoms with E-state index in [2.05, 4.69) is 43.4 Å². The van der Waals surface area contributed by atoms with Gasteiger partial charge in [0.25, 0.3) is 0 Å². The van der Waals surface area contributed by atoms with Crippen molar-refractivity contribution in [1.82, 2.24) is 5.32 Å². The molecule has 0 aliphatic carbocycles. The summed E-state index contributed by atoms with van der Waals surface area (Å²) in [4.78, 5) is 14.2. The van der Waals surface area contributed by atoms with Crippen LogP contribution in [0.3, 0.4) is 0 Å². The number of nitrogens with one attached hydrogen (secondary N) is 1. The molecule has 0 radical (unpaired) electrons. The molecule has 0 bridgehead atoms. The van der Waals surface area contributed by atoms with E-state index < -0.39 is 0 Å². The first-order valence-corrected chi connectivity index (χ1v) is 6.78. The minimum Gasteiger partial charge on any atom is -0.311 e. The van der Waals surface area contributed by atoms with Crippen LogP contribution >= 0.6 is 0 Å². The van der Waals surface area contributed by atoms with Crippen LogP contribution in [0.4, 0.5) is 5.69 Å². The molecule has 2 atom stereocenters. The van der Waals surface area contributed by atoms with Crippen molar-refractivity contribution in [2.24, 2.45) is 0 Å². The zero-order chi connectivity index (χ0) is 13.1. The molecular formula is C15H22N2O. The van der Waals surface area contributed by atoms with Crippen molar-refractivity contribution in [3.63, 3.8) is 0 Å². The molecule has 1 saturated heterocycles. The SMILES string of the molecule is CCc1ccc(N2CCC(C)NC(C)C2=O)cc1. The van der Waals surface area contributed by atoms with Crippen molar-refractivity contribution < 1.29 is 4.79 Å². The summed E-state index contributed by atoms with van der Waals surface area (Å²) in [5, 5.41) is 3.32.